The number of carbonyl (C=O) groups excluding carboxylic acids is 1. The third kappa shape index (κ3) is 3.85. The van der Waals surface area contributed by atoms with Gasteiger partial charge in [-0.1, -0.05) is 12.1 Å². The maximum absolute atomic E-state index is 12.3. The molecular weight excluding hydrogens is 332 g/mol. The van der Waals surface area contributed by atoms with E-state index in [0.29, 0.717) is 23.7 Å². The van der Waals surface area contributed by atoms with Crippen LogP contribution in [0.4, 0.5) is 10.5 Å². The second-order valence-corrected chi connectivity index (χ2v) is 6.39. The lowest BCUT2D eigenvalue weighted by Crippen LogP contribution is -2.35. The number of urea groups is 1. The van der Waals surface area contributed by atoms with Gasteiger partial charge >= 0.3 is 6.03 Å². The number of anilines is 1. The molecule has 2 N–H and O–H groups in total. The highest BCUT2D eigenvalue weighted by Gasteiger charge is 2.44. The van der Waals surface area contributed by atoms with E-state index in [1.807, 2.05) is 12.1 Å². The van der Waals surface area contributed by atoms with Crippen LogP contribution in [0.1, 0.15) is 18.4 Å². The van der Waals surface area contributed by atoms with Crippen molar-refractivity contribution in [3.05, 3.63) is 48.0 Å². The van der Waals surface area contributed by atoms with Crippen molar-refractivity contribution in [2.45, 2.75) is 18.3 Å². The summed E-state index contributed by atoms with van der Waals surface area (Å²) in [5, 5.41) is 5.81. The van der Waals surface area contributed by atoms with Crippen LogP contribution in [0, 0.1) is 0 Å². The number of benzene rings is 2. The first-order chi connectivity index (χ1) is 12.6. The summed E-state index contributed by atoms with van der Waals surface area (Å²) in [6, 6.07) is 13.1. The SMILES string of the molecule is COc1ccc(C2(CNC(=O)Nc3ccc(OC)c(OC)c3)CC2)cc1. The molecule has 0 atom stereocenters. The lowest BCUT2D eigenvalue weighted by atomic mass is 9.96. The van der Waals surface area contributed by atoms with Crippen molar-refractivity contribution < 1.29 is 19.0 Å². The lowest BCUT2D eigenvalue weighted by Gasteiger charge is -2.17. The van der Waals surface area contributed by atoms with E-state index < -0.39 is 0 Å². The summed E-state index contributed by atoms with van der Waals surface area (Å²) in [6.07, 6.45) is 2.13. The maximum Gasteiger partial charge on any atom is 0.319 e. The molecule has 0 saturated heterocycles. The van der Waals surface area contributed by atoms with Crippen LogP contribution in [-0.4, -0.2) is 33.9 Å². The van der Waals surface area contributed by atoms with Crippen LogP contribution in [0.2, 0.25) is 0 Å². The van der Waals surface area contributed by atoms with Gasteiger partial charge in [0.15, 0.2) is 11.5 Å². The van der Waals surface area contributed by atoms with Gasteiger partial charge in [-0.3, -0.25) is 0 Å². The zero-order valence-electron chi connectivity index (χ0n) is 15.3. The Kier molecular flexibility index (Phi) is 5.21. The molecule has 2 amide bonds. The van der Waals surface area contributed by atoms with E-state index in [1.165, 1.54) is 5.56 Å². The summed E-state index contributed by atoms with van der Waals surface area (Å²) in [6.45, 7) is 0.596. The highest BCUT2D eigenvalue weighted by Crippen LogP contribution is 2.47. The molecule has 26 heavy (non-hydrogen) atoms. The molecule has 138 valence electrons. The summed E-state index contributed by atoms with van der Waals surface area (Å²) >= 11 is 0. The van der Waals surface area contributed by atoms with Crippen LogP contribution >= 0.6 is 0 Å². The third-order valence-corrected chi connectivity index (χ3v) is 4.78. The van der Waals surface area contributed by atoms with E-state index in [1.54, 1.807) is 39.5 Å². The van der Waals surface area contributed by atoms with Crippen LogP contribution in [0.15, 0.2) is 42.5 Å². The monoisotopic (exact) mass is 356 g/mol. The Morgan fingerprint density at radius 2 is 1.65 bits per heavy atom. The quantitative estimate of drug-likeness (QED) is 0.796. The first kappa shape index (κ1) is 17.9. The highest BCUT2D eigenvalue weighted by atomic mass is 16.5. The number of carbonyl (C=O) groups is 1. The fraction of sp³-hybridized carbons (Fsp3) is 0.350. The van der Waals surface area contributed by atoms with Crippen molar-refractivity contribution in [3.8, 4) is 17.2 Å². The van der Waals surface area contributed by atoms with E-state index >= 15 is 0 Å². The molecule has 6 nitrogen and oxygen atoms in total. The fourth-order valence-electron chi connectivity index (χ4n) is 3.00. The van der Waals surface area contributed by atoms with Crippen LogP contribution in [0.5, 0.6) is 17.2 Å². The molecular formula is C20H24N2O4. The molecule has 3 rings (SSSR count). The number of amides is 2. The molecule has 0 radical (unpaired) electrons. The Morgan fingerprint density at radius 1 is 0.962 bits per heavy atom. The smallest absolute Gasteiger partial charge is 0.319 e. The fourth-order valence-corrected chi connectivity index (χ4v) is 3.00. The van der Waals surface area contributed by atoms with Gasteiger partial charge in [-0.15, -0.1) is 0 Å². The van der Waals surface area contributed by atoms with E-state index in [-0.39, 0.29) is 11.4 Å². The zero-order valence-corrected chi connectivity index (χ0v) is 15.3. The van der Waals surface area contributed by atoms with Gasteiger partial charge in [0, 0.05) is 23.7 Å². The molecule has 0 bridgehead atoms. The minimum absolute atomic E-state index is 0.0290. The summed E-state index contributed by atoms with van der Waals surface area (Å²) in [7, 11) is 4.79. The van der Waals surface area contributed by atoms with Gasteiger partial charge in [-0.2, -0.15) is 0 Å². The van der Waals surface area contributed by atoms with Gasteiger partial charge in [0.1, 0.15) is 5.75 Å². The standard InChI is InChI=1S/C20H24N2O4/c1-24-16-7-4-14(5-8-16)20(10-11-20)13-21-19(23)22-15-6-9-17(25-2)18(12-15)26-3/h4-9,12H,10-11,13H2,1-3H3,(H2,21,22,23). The minimum Gasteiger partial charge on any atom is -0.497 e. The van der Waals surface area contributed by atoms with Gasteiger partial charge < -0.3 is 24.8 Å². The average molecular weight is 356 g/mol. The Hall–Kier alpha value is -2.89. The van der Waals surface area contributed by atoms with Crippen molar-refractivity contribution in [1.29, 1.82) is 0 Å². The van der Waals surface area contributed by atoms with Gasteiger partial charge in [0.05, 0.1) is 21.3 Å². The Labute approximate surface area is 153 Å². The Balaban J connectivity index is 1.58. The predicted molar refractivity (Wildman–Crippen MR) is 100 cm³/mol. The molecule has 1 saturated carbocycles. The van der Waals surface area contributed by atoms with E-state index in [0.717, 1.165) is 18.6 Å². The maximum atomic E-state index is 12.3. The number of methoxy groups -OCH3 is 3. The molecule has 1 fully saturated rings. The van der Waals surface area contributed by atoms with E-state index in [4.69, 9.17) is 14.2 Å². The first-order valence-corrected chi connectivity index (χ1v) is 8.51. The second-order valence-electron chi connectivity index (χ2n) is 6.39. The van der Waals surface area contributed by atoms with Gasteiger partial charge in [-0.25, -0.2) is 4.79 Å². The molecule has 0 aromatic heterocycles. The number of hydrogen-bond donors (Lipinski definition) is 2. The predicted octanol–water partition coefficient (Wildman–Crippen LogP) is 3.57. The van der Waals surface area contributed by atoms with Crippen LogP contribution in [-0.2, 0) is 5.41 Å². The topological polar surface area (TPSA) is 68.8 Å². The van der Waals surface area contributed by atoms with Crippen LogP contribution < -0.4 is 24.8 Å². The second kappa shape index (κ2) is 7.56. The molecule has 2 aromatic carbocycles. The largest absolute Gasteiger partial charge is 0.497 e. The highest BCUT2D eigenvalue weighted by molar-refractivity contribution is 5.89. The van der Waals surface area contributed by atoms with Gasteiger partial charge in [-0.05, 0) is 42.7 Å². The van der Waals surface area contributed by atoms with Crippen molar-refractivity contribution in [2.24, 2.45) is 0 Å². The summed E-state index contributed by atoms with van der Waals surface area (Å²) < 4.78 is 15.7. The normalized spacial score (nSPS) is 14.3. The van der Waals surface area contributed by atoms with E-state index in [2.05, 4.69) is 22.8 Å². The Bertz CT molecular complexity index is 770. The number of ether oxygens (including phenoxy) is 3. The molecule has 2 aromatic rings. The van der Waals surface area contributed by atoms with Crippen LogP contribution in [0.25, 0.3) is 0 Å². The molecule has 0 aliphatic heterocycles. The molecule has 6 heteroatoms. The average Bonchev–Trinajstić information content (AvgIpc) is 3.47. The van der Waals surface area contributed by atoms with Crippen molar-refractivity contribution in [3.63, 3.8) is 0 Å². The zero-order chi connectivity index (χ0) is 18.6. The first-order valence-electron chi connectivity index (χ1n) is 8.51. The Morgan fingerprint density at radius 3 is 2.23 bits per heavy atom. The molecule has 0 heterocycles. The molecule has 1 aliphatic rings. The van der Waals surface area contributed by atoms with Gasteiger partial charge in [0.25, 0.3) is 0 Å². The number of hydrogen-bond acceptors (Lipinski definition) is 4. The van der Waals surface area contributed by atoms with Crippen molar-refractivity contribution >= 4 is 11.7 Å². The van der Waals surface area contributed by atoms with Gasteiger partial charge in [0.2, 0.25) is 0 Å². The van der Waals surface area contributed by atoms with E-state index in [9.17, 15) is 4.79 Å². The minimum atomic E-state index is -0.239. The van der Waals surface area contributed by atoms with Crippen molar-refractivity contribution in [2.75, 3.05) is 33.2 Å². The molecule has 0 spiro atoms. The molecule has 0 unspecified atom stereocenters. The van der Waals surface area contributed by atoms with Crippen molar-refractivity contribution in [1.82, 2.24) is 5.32 Å². The summed E-state index contributed by atoms with van der Waals surface area (Å²) in [5.74, 6) is 2.03. The number of nitrogens with one attached hydrogen (secondary N) is 2. The lowest BCUT2D eigenvalue weighted by molar-refractivity contribution is 0.251. The third-order valence-electron chi connectivity index (χ3n) is 4.78. The molecule has 1 aliphatic carbocycles. The summed E-state index contributed by atoms with van der Waals surface area (Å²) in [5.41, 5.74) is 1.90. The van der Waals surface area contributed by atoms with Crippen LogP contribution in [0.3, 0.4) is 0 Å². The number of rotatable bonds is 7. The summed E-state index contributed by atoms with van der Waals surface area (Å²) in [4.78, 5) is 12.3.